The van der Waals surface area contributed by atoms with Gasteiger partial charge in [-0.3, -0.25) is 9.52 Å². The van der Waals surface area contributed by atoms with Gasteiger partial charge in [-0.05, 0) is 55.3 Å². The largest absolute Gasteiger partial charge is 0.497 e. The zero-order valence-corrected chi connectivity index (χ0v) is 17.3. The van der Waals surface area contributed by atoms with Gasteiger partial charge in [-0.2, -0.15) is 0 Å². The maximum Gasteiger partial charge on any atom is 0.262 e. The van der Waals surface area contributed by atoms with Crippen LogP contribution in [-0.2, 0) is 10.0 Å². The Bertz CT molecular complexity index is 947. The van der Waals surface area contributed by atoms with Crippen molar-refractivity contribution in [2.24, 2.45) is 0 Å². The van der Waals surface area contributed by atoms with Crippen molar-refractivity contribution >= 4 is 21.6 Å². The number of benzene rings is 2. The number of hydrogen-bond donors (Lipinski definition) is 1. The molecule has 0 atom stereocenters. The average molecular weight is 426 g/mol. The fraction of sp³-hybridized carbons (Fsp3) is 0.350. The maximum absolute atomic E-state index is 12.8. The highest BCUT2D eigenvalue weighted by Crippen LogP contribution is 2.23. The van der Waals surface area contributed by atoms with Crippen LogP contribution >= 0.6 is 0 Å². The Kier molecular flexibility index (Phi) is 7.55. The summed E-state index contributed by atoms with van der Waals surface area (Å²) in [5.74, 6) is -0.0557. The number of hydrogen-bond acceptors (Lipinski definition) is 4. The fourth-order valence-electron chi connectivity index (χ4n) is 2.79. The molecule has 2 aromatic rings. The summed E-state index contributed by atoms with van der Waals surface area (Å²) in [4.78, 5) is 13.6. The van der Waals surface area contributed by atoms with Crippen LogP contribution in [0.5, 0.6) is 5.75 Å². The summed E-state index contributed by atoms with van der Waals surface area (Å²) in [5.41, 5.74) is 0.797. The molecule has 0 aliphatic rings. The summed E-state index contributed by atoms with van der Waals surface area (Å²) in [7, 11) is -2.49. The third kappa shape index (κ3) is 5.90. The number of sulfonamides is 1. The molecular weight excluding hydrogens is 402 g/mol. The van der Waals surface area contributed by atoms with E-state index in [9.17, 15) is 22.0 Å². The number of carbonyl (C=O) groups is 1. The molecule has 6 nitrogen and oxygen atoms in total. The van der Waals surface area contributed by atoms with Crippen molar-refractivity contribution in [2.75, 3.05) is 24.9 Å². The van der Waals surface area contributed by atoms with Crippen LogP contribution < -0.4 is 9.46 Å². The lowest BCUT2D eigenvalue weighted by Crippen LogP contribution is -2.35. The van der Waals surface area contributed by atoms with Crippen molar-refractivity contribution in [2.45, 2.75) is 31.6 Å². The Morgan fingerprint density at radius 2 is 1.83 bits per heavy atom. The summed E-state index contributed by atoms with van der Waals surface area (Å²) < 4.78 is 58.8. The van der Waals surface area contributed by atoms with E-state index in [0.29, 0.717) is 23.4 Å². The number of rotatable bonds is 9. The summed E-state index contributed by atoms with van der Waals surface area (Å²) >= 11 is 0. The zero-order valence-electron chi connectivity index (χ0n) is 16.5. The van der Waals surface area contributed by atoms with Gasteiger partial charge in [-0.15, -0.1) is 0 Å². The van der Waals surface area contributed by atoms with E-state index < -0.39 is 28.9 Å². The topological polar surface area (TPSA) is 75.7 Å². The second-order valence-electron chi connectivity index (χ2n) is 6.46. The summed E-state index contributed by atoms with van der Waals surface area (Å²) in [6.45, 7) is 2.82. The summed E-state index contributed by atoms with van der Waals surface area (Å²) in [6.07, 6.45) is -2.16. The molecule has 158 valence electrons. The molecule has 0 aliphatic heterocycles. The van der Waals surface area contributed by atoms with Crippen molar-refractivity contribution in [3.05, 3.63) is 53.6 Å². The number of anilines is 1. The van der Waals surface area contributed by atoms with E-state index in [1.807, 2.05) is 0 Å². The third-order valence-electron chi connectivity index (χ3n) is 4.21. The number of methoxy groups -OCH3 is 1. The smallest absolute Gasteiger partial charge is 0.262 e. The van der Waals surface area contributed by atoms with E-state index in [0.717, 1.165) is 4.90 Å². The molecule has 0 bridgehead atoms. The molecule has 0 saturated carbocycles. The standard InChI is InChI=1S/C20H24F2N2O4S/c1-4-11-24(13-19(21)22)20(25)15-6-5-14(2)18(12-15)29(26,27)23-16-7-9-17(28-3)10-8-16/h5-10,12,19,23H,4,11,13H2,1-3H3. The van der Waals surface area contributed by atoms with Gasteiger partial charge in [0, 0.05) is 17.8 Å². The van der Waals surface area contributed by atoms with Crippen LogP contribution in [0.25, 0.3) is 0 Å². The number of amides is 1. The molecule has 0 aliphatic carbocycles. The van der Waals surface area contributed by atoms with Crippen LogP contribution in [-0.4, -0.2) is 45.8 Å². The molecule has 2 rings (SSSR count). The number of nitrogens with zero attached hydrogens (tertiary/aromatic N) is 1. The quantitative estimate of drug-likeness (QED) is 0.659. The summed E-state index contributed by atoms with van der Waals surface area (Å²) in [5, 5.41) is 0. The van der Waals surface area contributed by atoms with Gasteiger partial charge >= 0.3 is 0 Å². The highest BCUT2D eigenvalue weighted by molar-refractivity contribution is 7.92. The minimum atomic E-state index is -3.99. The van der Waals surface area contributed by atoms with E-state index in [4.69, 9.17) is 4.74 Å². The van der Waals surface area contributed by atoms with Crippen LogP contribution in [0.1, 0.15) is 29.3 Å². The monoisotopic (exact) mass is 426 g/mol. The molecule has 2 aromatic carbocycles. The molecule has 0 unspecified atom stereocenters. The van der Waals surface area contributed by atoms with Gasteiger partial charge in [0.1, 0.15) is 5.75 Å². The Balaban J connectivity index is 2.33. The predicted octanol–water partition coefficient (Wildman–Crippen LogP) is 3.92. The van der Waals surface area contributed by atoms with E-state index in [1.54, 1.807) is 38.1 Å². The van der Waals surface area contributed by atoms with Crippen molar-refractivity contribution in [3.63, 3.8) is 0 Å². The van der Waals surface area contributed by atoms with Crippen LogP contribution in [0, 0.1) is 6.92 Å². The van der Waals surface area contributed by atoms with Crippen LogP contribution in [0.4, 0.5) is 14.5 Å². The Labute approximate surface area is 169 Å². The SMILES string of the molecule is CCCN(CC(F)F)C(=O)c1ccc(C)c(S(=O)(=O)Nc2ccc(OC)cc2)c1. The minimum absolute atomic E-state index is 0.0415. The second-order valence-corrected chi connectivity index (χ2v) is 8.11. The van der Waals surface area contributed by atoms with Gasteiger partial charge < -0.3 is 9.64 Å². The first-order chi connectivity index (χ1) is 13.7. The molecule has 9 heteroatoms. The molecule has 29 heavy (non-hydrogen) atoms. The average Bonchev–Trinajstić information content (AvgIpc) is 2.67. The predicted molar refractivity (Wildman–Crippen MR) is 107 cm³/mol. The van der Waals surface area contributed by atoms with E-state index >= 15 is 0 Å². The molecule has 0 radical (unpaired) electrons. The Morgan fingerprint density at radius 3 is 2.38 bits per heavy atom. The summed E-state index contributed by atoms with van der Waals surface area (Å²) in [6, 6.07) is 10.5. The molecule has 1 amide bonds. The van der Waals surface area contributed by atoms with Gasteiger partial charge in [0.15, 0.2) is 0 Å². The lowest BCUT2D eigenvalue weighted by atomic mass is 10.1. The van der Waals surface area contributed by atoms with Crippen molar-refractivity contribution in [1.82, 2.24) is 4.90 Å². The highest BCUT2D eigenvalue weighted by Gasteiger charge is 2.23. The number of ether oxygens (including phenoxy) is 1. The number of alkyl halides is 2. The highest BCUT2D eigenvalue weighted by atomic mass is 32.2. The molecular formula is C20H24F2N2O4S. The first-order valence-electron chi connectivity index (χ1n) is 9.03. The third-order valence-corrected chi connectivity index (χ3v) is 5.73. The van der Waals surface area contributed by atoms with Crippen LogP contribution in [0.3, 0.4) is 0 Å². The van der Waals surface area contributed by atoms with E-state index in [2.05, 4.69) is 4.72 Å². The lowest BCUT2D eigenvalue weighted by molar-refractivity contribution is 0.0555. The molecule has 0 aromatic heterocycles. The van der Waals surface area contributed by atoms with Gasteiger partial charge in [0.25, 0.3) is 22.4 Å². The number of aryl methyl sites for hydroxylation is 1. The molecule has 0 saturated heterocycles. The van der Waals surface area contributed by atoms with Crippen LogP contribution in [0.2, 0.25) is 0 Å². The van der Waals surface area contributed by atoms with Crippen molar-refractivity contribution < 1.29 is 26.7 Å². The fourth-order valence-corrected chi connectivity index (χ4v) is 4.12. The van der Waals surface area contributed by atoms with Crippen molar-refractivity contribution in [1.29, 1.82) is 0 Å². The van der Waals surface area contributed by atoms with Gasteiger partial charge in [0.2, 0.25) is 0 Å². The second kappa shape index (κ2) is 9.69. The number of carbonyl (C=O) groups excluding carboxylic acids is 1. The molecule has 1 N–H and O–H groups in total. The Morgan fingerprint density at radius 1 is 1.17 bits per heavy atom. The first-order valence-corrected chi connectivity index (χ1v) is 10.5. The van der Waals surface area contributed by atoms with E-state index in [1.165, 1.54) is 25.3 Å². The lowest BCUT2D eigenvalue weighted by Gasteiger charge is -2.22. The Hall–Kier alpha value is -2.68. The van der Waals surface area contributed by atoms with Gasteiger partial charge in [-0.1, -0.05) is 13.0 Å². The molecule has 0 heterocycles. The van der Waals surface area contributed by atoms with Gasteiger partial charge in [-0.25, -0.2) is 17.2 Å². The minimum Gasteiger partial charge on any atom is -0.497 e. The van der Waals surface area contributed by atoms with Crippen LogP contribution in [0.15, 0.2) is 47.4 Å². The van der Waals surface area contributed by atoms with E-state index in [-0.39, 0.29) is 17.0 Å². The molecule has 0 fully saturated rings. The zero-order chi connectivity index (χ0) is 21.6. The van der Waals surface area contributed by atoms with Crippen molar-refractivity contribution in [3.8, 4) is 5.75 Å². The molecule has 0 spiro atoms. The first kappa shape index (κ1) is 22.6. The van der Waals surface area contributed by atoms with Gasteiger partial charge in [0.05, 0.1) is 18.6 Å². The normalized spacial score (nSPS) is 11.4. The number of halogens is 2. The number of nitrogens with one attached hydrogen (secondary N) is 1. The maximum atomic E-state index is 12.8.